The Hall–Kier alpha value is -1.51. The molecular formula is C13H20N2O. The van der Waals surface area contributed by atoms with E-state index in [0.29, 0.717) is 0 Å². The third kappa shape index (κ3) is 3.93. The Morgan fingerprint density at radius 3 is 2.44 bits per heavy atom. The summed E-state index contributed by atoms with van der Waals surface area (Å²) in [5, 5.41) is 6.42. The highest BCUT2D eigenvalue weighted by Gasteiger charge is 1.99. The molecule has 0 spiro atoms. The Labute approximate surface area is 97.7 Å². The van der Waals surface area contributed by atoms with Crippen molar-refractivity contribution in [3.05, 3.63) is 29.8 Å². The molecule has 0 aliphatic carbocycles. The van der Waals surface area contributed by atoms with Gasteiger partial charge in [0.2, 0.25) is 0 Å². The summed E-state index contributed by atoms with van der Waals surface area (Å²) in [6.07, 6.45) is 2.91. The summed E-state index contributed by atoms with van der Waals surface area (Å²) in [7, 11) is 1.68. The van der Waals surface area contributed by atoms with E-state index < -0.39 is 0 Å². The lowest BCUT2D eigenvalue weighted by Crippen LogP contribution is -2.16. The average molecular weight is 220 g/mol. The summed E-state index contributed by atoms with van der Waals surface area (Å²) in [5.41, 5.74) is 1.25. The zero-order chi connectivity index (χ0) is 11.8. The van der Waals surface area contributed by atoms with Crippen LogP contribution in [0.25, 0.3) is 0 Å². The molecule has 0 aliphatic heterocycles. The largest absolute Gasteiger partial charge is 0.497 e. The van der Waals surface area contributed by atoms with Gasteiger partial charge in [0.25, 0.3) is 0 Å². The molecule has 1 rings (SSSR count). The maximum absolute atomic E-state index is 5.12. The number of hydrogen-bond donors (Lipinski definition) is 0. The first-order valence-corrected chi connectivity index (χ1v) is 5.70. The highest BCUT2D eigenvalue weighted by atomic mass is 16.5. The molecule has 0 fully saturated rings. The lowest BCUT2D eigenvalue weighted by molar-refractivity contribution is 0.296. The zero-order valence-electron chi connectivity index (χ0n) is 10.3. The number of rotatable bonds is 6. The van der Waals surface area contributed by atoms with Crippen molar-refractivity contribution >= 4 is 6.21 Å². The smallest absolute Gasteiger partial charge is 0.118 e. The maximum Gasteiger partial charge on any atom is 0.118 e. The zero-order valence-corrected chi connectivity index (χ0v) is 10.3. The quantitative estimate of drug-likeness (QED) is 0.544. The molecule has 3 heteroatoms. The molecule has 88 valence electrons. The van der Waals surface area contributed by atoms with Crippen LogP contribution in [-0.4, -0.2) is 24.9 Å². The van der Waals surface area contributed by atoms with Gasteiger partial charge < -0.3 is 4.74 Å². The molecule has 0 saturated carbocycles. The predicted molar refractivity (Wildman–Crippen MR) is 67.9 cm³/mol. The second-order valence-electron chi connectivity index (χ2n) is 3.54. The molecule has 0 radical (unpaired) electrons. The van der Waals surface area contributed by atoms with Crippen LogP contribution in [0.4, 0.5) is 0 Å². The van der Waals surface area contributed by atoms with Crippen LogP contribution < -0.4 is 4.74 Å². The number of hydrogen-bond acceptors (Lipinski definition) is 3. The van der Waals surface area contributed by atoms with Crippen molar-refractivity contribution < 1.29 is 4.74 Å². The number of benzene rings is 1. The first-order chi connectivity index (χ1) is 7.80. The van der Waals surface area contributed by atoms with Crippen LogP contribution in [0, 0.1) is 0 Å². The molecule has 0 atom stereocenters. The van der Waals surface area contributed by atoms with E-state index in [1.165, 1.54) is 5.56 Å². The number of ether oxygens (including phenoxy) is 1. The van der Waals surface area contributed by atoms with Crippen LogP contribution in [0.3, 0.4) is 0 Å². The van der Waals surface area contributed by atoms with E-state index >= 15 is 0 Å². The molecule has 16 heavy (non-hydrogen) atoms. The van der Waals surface area contributed by atoms with Gasteiger partial charge in [-0.15, -0.1) is 0 Å². The van der Waals surface area contributed by atoms with Gasteiger partial charge in [-0.1, -0.05) is 19.1 Å². The van der Waals surface area contributed by atoms with Crippen molar-refractivity contribution in [1.82, 2.24) is 5.01 Å². The lowest BCUT2D eigenvalue weighted by atomic mass is 10.2. The molecule has 1 aromatic carbocycles. The number of nitrogens with zero attached hydrogens (tertiary/aromatic N) is 2. The molecule has 0 N–H and O–H groups in total. The van der Waals surface area contributed by atoms with Crippen LogP contribution >= 0.6 is 0 Å². The minimum absolute atomic E-state index is 0.844. The van der Waals surface area contributed by atoms with E-state index in [0.717, 1.165) is 25.3 Å². The molecule has 0 amide bonds. The summed E-state index contributed by atoms with van der Waals surface area (Å²) >= 11 is 0. The van der Waals surface area contributed by atoms with E-state index in [2.05, 4.69) is 31.1 Å². The monoisotopic (exact) mass is 220 g/mol. The van der Waals surface area contributed by atoms with Crippen molar-refractivity contribution in [2.45, 2.75) is 26.8 Å². The molecule has 3 nitrogen and oxygen atoms in total. The fourth-order valence-corrected chi connectivity index (χ4v) is 1.37. The summed E-state index contributed by atoms with van der Waals surface area (Å²) in [6.45, 7) is 5.96. The van der Waals surface area contributed by atoms with Gasteiger partial charge >= 0.3 is 0 Å². The lowest BCUT2D eigenvalue weighted by Gasteiger charge is -2.16. The van der Waals surface area contributed by atoms with Gasteiger partial charge in [0.1, 0.15) is 5.75 Å². The van der Waals surface area contributed by atoms with Crippen LogP contribution in [0.1, 0.15) is 25.8 Å². The summed E-state index contributed by atoms with van der Waals surface area (Å²) < 4.78 is 5.12. The van der Waals surface area contributed by atoms with Gasteiger partial charge in [0.05, 0.1) is 13.7 Å². The molecule has 0 heterocycles. The summed E-state index contributed by atoms with van der Waals surface area (Å²) in [5.74, 6) is 0.892. The average Bonchev–Trinajstić information content (AvgIpc) is 2.35. The van der Waals surface area contributed by atoms with Gasteiger partial charge in [-0.05, 0) is 31.0 Å². The van der Waals surface area contributed by atoms with E-state index in [-0.39, 0.29) is 0 Å². The predicted octanol–water partition coefficient (Wildman–Crippen LogP) is 2.91. The number of hydrazone groups is 1. The number of methoxy groups -OCH3 is 1. The van der Waals surface area contributed by atoms with Crippen LogP contribution in [0.15, 0.2) is 29.4 Å². The van der Waals surface area contributed by atoms with Gasteiger partial charge in [0, 0.05) is 12.8 Å². The van der Waals surface area contributed by atoms with E-state index in [1.807, 2.05) is 23.4 Å². The van der Waals surface area contributed by atoms with Crippen LogP contribution in [0.2, 0.25) is 0 Å². The van der Waals surface area contributed by atoms with Gasteiger partial charge in [-0.25, -0.2) is 0 Å². The molecule has 0 aliphatic rings. The van der Waals surface area contributed by atoms with Crippen molar-refractivity contribution in [1.29, 1.82) is 0 Å². The first-order valence-electron chi connectivity index (χ1n) is 5.70. The van der Waals surface area contributed by atoms with E-state index in [1.54, 1.807) is 7.11 Å². The Kier molecular flexibility index (Phi) is 5.40. The minimum atomic E-state index is 0.844. The fourth-order valence-electron chi connectivity index (χ4n) is 1.37. The van der Waals surface area contributed by atoms with Crippen molar-refractivity contribution in [2.75, 3.05) is 13.7 Å². The Morgan fingerprint density at radius 2 is 1.94 bits per heavy atom. The second-order valence-corrected chi connectivity index (χ2v) is 3.54. The summed E-state index contributed by atoms with van der Waals surface area (Å²) in [4.78, 5) is 0. The topological polar surface area (TPSA) is 24.8 Å². The maximum atomic E-state index is 5.12. The van der Waals surface area contributed by atoms with E-state index in [9.17, 15) is 0 Å². The van der Waals surface area contributed by atoms with Crippen LogP contribution in [-0.2, 0) is 6.54 Å². The van der Waals surface area contributed by atoms with Crippen molar-refractivity contribution in [3.63, 3.8) is 0 Å². The third-order valence-corrected chi connectivity index (χ3v) is 2.32. The molecule has 0 bridgehead atoms. The SMILES string of the molecule is CC/C=N\N(CC)Cc1ccc(OC)cc1. The third-order valence-electron chi connectivity index (χ3n) is 2.32. The summed E-state index contributed by atoms with van der Waals surface area (Å²) in [6, 6.07) is 8.10. The Morgan fingerprint density at radius 1 is 1.25 bits per heavy atom. The van der Waals surface area contributed by atoms with Gasteiger partial charge in [0.15, 0.2) is 0 Å². The highest BCUT2D eigenvalue weighted by Crippen LogP contribution is 2.12. The van der Waals surface area contributed by atoms with E-state index in [4.69, 9.17) is 4.74 Å². The van der Waals surface area contributed by atoms with Crippen molar-refractivity contribution in [2.24, 2.45) is 5.10 Å². The van der Waals surface area contributed by atoms with Gasteiger partial charge in [-0.2, -0.15) is 5.10 Å². The minimum Gasteiger partial charge on any atom is -0.497 e. The molecule has 0 unspecified atom stereocenters. The standard InChI is InChI=1S/C13H20N2O/c1-4-10-14-15(5-2)11-12-6-8-13(16-3)9-7-12/h6-10H,4-5,11H2,1-3H3/b14-10-. The molecular weight excluding hydrogens is 200 g/mol. The molecule has 0 aromatic heterocycles. The Bertz CT molecular complexity index is 319. The van der Waals surface area contributed by atoms with Crippen molar-refractivity contribution in [3.8, 4) is 5.75 Å². The first kappa shape index (κ1) is 12.6. The fraction of sp³-hybridized carbons (Fsp3) is 0.462. The highest BCUT2D eigenvalue weighted by molar-refractivity contribution is 5.56. The molecule has 1 aromatic rings. The normalized spacial score (nSPS) is 10.7. The van der Waals surface area contributed by atoms with Gasteiger partial charge in [-0.3, -0.25) is 5.01 Å². The second kappa shape index (κ2) is 6.88. The molecule has 0 saturated heterocycles. The van der Waals surface area contributed by atoms with Crippen LogP contribution in [0.5, 0.6) is 5.75 Å². The Balaban J connectivity index is 2.59.